The molecule has 22 heavy (non-hydrogen) atoms. The SMILES string of the molecule is Cc1ccc(Cl)c(C2=CCOc3ccc(C(=O)O)cc32)c1F. The van der Waals surface area contributed by atoms with E-state index >= 15 is 0 Å². The summed E-state index contributed by atoms with van der Waals surface area (Å²) in [6.07, 6.45) is 1.71. The van der Waals surface area contributed by atoms with Gasteiger partial charge in [-0.25, -0.2) is 9.18 Å². The zero-order chi connectivity index (χ0) is 15.9. The van der Waals surface area contributed by atoms with Gasteiger partial charge in [0.25, 0.3) is 0 Å². The average molecular weight is 319 g/mol. The summed E-state index contributed by atoms with van der Waals surface area (Å²) in [6.45, 7) is 1.93. The molecule has 3 rings (SSSR count). The van der Waals surface area contributed by atoms with Crippen molar-refractivity contribution < 1.29 is 19.0 Å². The Balaban J connectivity index is 2.23. The Morgan fingerprint density at radius 3 is 2.82 bits per heavy atom. The monoisotopic (exact) mass is 318 g/mol. The van der Waals surface area contributed by atoms with Crippen LogP contribution in [0.2, 0.25) is 5.02 Å². The number of ether oxygens (including phenoxy) is 1. The molecular formula is C17H12ClFO3. The lowest BCUT2D eigenvalue weighted by atomic mass is 9.92. The molecule has 0 fully saturated rings. The van der Waals surface area contributed by atoms with Crippen molar-refractivity contribution in [2.45, 2.75) is 6.92 Å². The number of carboxylic acids is 1. The van der Waals surface area contributed by atoms with Gasteiger partial charge in [0.15, 0.2) is 0 Å². The van der Waals surface area contributed by atoms with Gasteiger partial charge in [-0.2, -0.15) is 0 Å². The highest BCUT2D eigenvalue weighted by atomic mass is 35.5. The quantitative estimate of drug-likeness (QED) is 0.897. The second-order valence-corrected chi connectivity index (χ2v) is 5.41. The first kappa shape index (κ1) is 14.6. The number of aryl methyl sites for hydroxylation is 1. The Morgan fingerprint density at radius 2 is 2.09 bits per heavy atom. The molecule has 0 unspecified atom stereocenters. The average Bonchev–Trinajstić information content (AvgIpc) is 2.51. The highest BCUT2D eigenvalue weighted by Crippen LogP contribution is 2.39. The van der Waals surface area contributed by atoms with Gasteiger partial charge >= 0.3 is 5.97 Å². The van der Waals surface area contributed by atoms with Crippen molar-refractivity contribution in [1.82, 2.24) is 0 Å². The first-order valence-electron chi connectivity index (χ1n) is 6.64. The van der Waals surface area contributed by atoms with Crippen LogP contribution in [0, 0.1) is 12.7 Å². The fourth-order valence-electron chi connectivity index (χ4n) is 2.46. The number of aromatic carboxylic acids is 1. The van der Waals surface area contributed by atoms with Crippen LogP contribution in [0.25, 0.3) is 5.57 Å². The maximum Gasteiger partial charge on any atom is 0.335 e. The molecule has 2 aromatic rings. The Morgan fingerprint density at radius 1 is 1.32 bits per heavy atom. The second kappa shape index (κ2) is 5.46. The topological polar surface area (TPSA) is 46.5 Å². The minimum absolute atomic E-state index is 0.110. The number of hydrogen-bond acceptors (Lipinski definition) is 2. The van der Waals surface area contributed by atoms with Gasteiger partial charge in [-0.3, -0.25) is 0 Å². The molecule has 0 aromatic heterocycles. The molecule has 0 saturated carbocycles. The summed E-state index contributed by atoms with van der Waals surface area (Å²) in [6, 6.07) is 7.74. The molecule has 0 atom stereocenters. The molecule has 2 aromatic carbocycles. The third-order valence-electron chi connectivity index (χ3n) is 3.60. The number of hydrogen-bond donors (Lipinski definition) is 1. The number of benzene rings is 2. The van der Waals surface area contributed by atoms with Crippen molar-refractivity contribution in [1.29, 1.82) is 0 Å². The van der Waals surface area contributed by atoms with E-state index < -0.39 is 11.8 Å². The zero-order valence-corrected chi connectivity index (χ0v) is 12.4. The van der Waals surface area contributed by atoms with E-state index in [4.69, 9.17) is 21.4 Å². The highest BCUT2D eigenvalue weighted by Gasteiger charge is 2.22. The number of rotatable bonds is 2. The largest absolute Gasteiger partial charge is 0.489 e. The van der Waals surface area contributed by atoms with Gasteiger partial charge in [0.2, 0.25) is 0 Å². The smallest absolute Gasteiger partial charge is 0.335 e. The van der Waals surface area contributed by atoms with Gasteiger partial charge in [0.1, 0.15) is 18.2 Å². The Labute approximate surface area is 131 Å². The van der Waals surface area contributed by atoms with Crippen LogP contribution in [-0.4, -0.2) is 17.7 Å². The van der Waals surface area contributed by atoms with Crippen molar-refractivity contribution in [2.24, 2.45) is 0 Å². The fraction of sp³-hybridized carbons (Fsp3) is 0.118. The summed E-state index contributed by atoms with van der Waals surface area (Å²) in [5.41, 5.74) is 1.93. The normalized spacial score (nSPS) is 13.1. The molecule has 0 amide bonds. The number of carboxylic acid groups (broad SMARTS) is 1. The van der Waals surface area contributed by atoms with Crippen LogP contribution in [0.5, 0.6) is 5.75 Å². The van der Waals surface area contributed by atoms with Crippen LogP contribution < -0.4 is 4.74 Å². The minimum Gasteiger partial charge on any atom is -0.489 e. The van der Waals surface area contributed by atoms with E-state index in [-0.39, 0.29) is 22.8 Å². The summed E-state index contributed by atoms with van der Waals surface area (Å²) in [7, 11) is 0. The van der Waals surface area contributed by atoms with Gasteiger partial charge in [0, 0.05) is 11.1 Å². The maximum absolute atomic E-state index is 14.5. The van der Waals surface area contributed by atoms with Crippen LogP contribution >= 0.6 is 11.6 Å². The standard InChI is InChI=1S/C17H12ClFO3/c1-9-2-4-13(18)15(16(9)19)11-6-7-22-14-5-3-10(17(20)21)8-12(11)14/h2-6,8H,7H2,1H3,(H,20,21). The van der Waals surface area contributed by atoms with Crippen molar-refractivity contribution in [3.05, 3.63) is 69.5 Å². The molecular weight excluding hydrogens is 307 g/mol. The third-order valence-corrected chi connectivity index (χ3v) is 3.91. The molecule has 1 N–H and O–H groups in total. The maximum atomic E-state index is 14.5. The Hall–Kier alpha value is -2.33. The van der Waals surface area contributed by atoms with Gasteiger partial charge in [0.05, 0.1) is 10.6 Å². The summed E-state index contributed by atoms with van der Waals surface area (Å²) < 4.78 is 20.0. The van der Waals surface area contributed by atoms with Crippen LogP contribution in [0.3, 0.4) is 0 Å². The van der Waals surface area contributed by atoms with Crippen molar-refractivity contribution >= 4 is 23.1 Å². The lowest BCUT2D eigenvalue weighted by Gasteiger charge is -2.21. The number of fused-ring (bicyclic) bond motifs is 1. The first-order valence-corrected chi connectivity index (χ1v) is 7.02. The van der Waals surface area contributed by atoms with Gasteiger partial charge in [-0.1, -0.05) is 17.7 Å². The third kappa shape index (κ3) is 2.35. The predicted octanol–water partition coefficient (Wildman–Crippen LogP) is 4.31. The molecule has 0 spiro atoms. The van der Waals surface area contributed by atoms with E-state index in [0.29, 0.717) is 22.4 Å². The zero-order valence-electron chi connectivity index (χ0n) is 11.7. The lowest BCUT2D eigenvalue weighted by molar-refractivity contribution is 0.0697. The minimum atomic E-state index is -1.05. The van der Waals surface area contributed by atoms with Crippen LogP contribution in [0.1, 0.15) is 27.0 Å². The van der Waals surface area contributed by atoms with E-state index in [1.165, 1.54) is 12.1 Å². The Kier molecular flexibility index (Phi) is 3.62. The summed E-state index contributed by atoms with van der Waals surface area (Å²) in [4.78, 5) is 11.2. The van der Waals surface area contributed by atoms with E-state index in [1.807, 2.05) is 0 Å². The van der Waals surface area contributed by atoms with Gasteiger partial charge < -0.3 is 9.84 Å². The van der Waals surface area contributed by atoms with Crippen molar-refractivity contribution in [2.75, 3.05) is 6.61 Å². The second-order valence-electron chi connectivity index (χ2n) is 5.00. The highest BCUT2D eigenvalue weighted by molar-refractivity contribution is 6.32. The molecule has 1 heterocycles. The molecule has 0 bridgehead atoms. The summed E-state index contributed by atoms with van der Waals surface area (Å²) in [5.74, 6) is -0.949. The van der Waals surface area contributed by atoms with Crippen LogP contribution in [-0.2, 0) is 0 Å². The number of carbonyl (C=O) groups is 1. The predicted molar refractivity (Wildman–Crippen MR) is 82.1 cm³/mol. The van der Waals surface area contributed by atoms with Crippen molar-refractivity contribution in [3.8, 4) is 5.75 Å². The molecule has 3 nitrogen and oxygen atoms in total. The fourth-order valence-corrected chi connectivity index (χ4v) is 2.71. The first-order chi connectivity index (χ1) is 10.5. The summed E-state index contributed by atoms with van der Waals surface area (Å²) in [5, 5.41) is 9.42. The molecule has 0 radical (unpaired) electrons. The van der Waals surface area contributed by atoms with E-state index in [1.54, 1.807) is 31.2 Å². The molecule has 112 valence electrons. The molecule has 1 aliphatic heterocycles. The molecule has 5 heteroatoms. The van der Waals surface area contributed by atoms with Crippen LogP contribution in [0.15, 0.2) is 36.4 Å². The Bertz CT molecular complexity index is 812. The lowest BCUT2D eigenvalue weighted by Crippen LogP contribution is -2.09. The number of halogens is 2. The van der Waals surface area contributed by atoms with Crippen molar-refractivity contribution in [3.63, 3.8) is 0 Å². The molecule has 1 aliphatic rings. The van der Waals surface area contributed by atoms with E-state index in [9.17, 15) is 9.18 Å². The van der Waals surface area contributed by atoms with E-state index in [0.717, 1.165) is 0 Å². The van der Waals surface area contributed by atoms with Gasteiger partial charge in [-0.05, 0) is 48.4 Å². The molecule has 0 saturated heterocycles. The summed E-state index contributed by atoms with van der Waals surface area (Å²) >= 11 is 6.17. The van der Waals surface area contributed by atoms with Gasteiger partial charge in [-0.15, -0.1) is 0 Å². The van der Waals surface area contributed by atoms with E-state index in [2.05, 4.69) is 0 Å². The van der Waals surface area contributed by atoms with Crippen LogP contribution in [0.4, 0.5) is 4.39 Å². The molecule has 0 aliphatic carbocycles.